The topological polar surface area (TPSA) is 226 Å². The average molecular weight is 1210 g/mol. The van der Waals surface area contributed by atoms with Crippen LogP contribution in [0.1, 0.15) is 94.0 Å². The van der Waals surface area contributed by atoms with E-state index < -0.39 is 47.5 Å². The second-order valence-corrected chi connectivity index (χ2v) is 24.9. The number of hydrogen-bond acceptors (Lipinski definition) is 15. The zero-order chi connectivity index (χ0) is 61.4. The van der Waals surface area contributed by atoms with Gasteiger partial charge in [0.25, 0.3) is 11.1 Å². The third kappa shape index (κ3) is 15.2. The van der Waals surface area contributed by atoms with Crippen LogP contribution in [0.25, 0.3) is 38.0 Å². The predicted molar refractivity (Wildman–Crippen MR) is 336 cm³/mol. The van der Waals surface area contributed by atoms with Crippen LogP contribution in [0.2, 0.25) is 0 Å². The number of ether oxygens (including phenoxy) is 2. The maximum atomic E-state index is 15.5. The Labute approximate surface area is 510 Å². The second kappa shape index (κ2) is 28.0. The molecule has 10 rings (SSSR count). The van der Waals surface area contributed by atoms with Crippen molar-refractivity contribution in [1.82, 2.24) is 39.5 Å². The number of benzene rings is 3. The van der Waals surface area contributed by atoms with Crippen molar-refractivity contribution in [3.8, 4) is 27.3 Å². The standard InChI is InChI=1S/C66H79FN10O9S/c1-42-60(87-41-70-42)45-14-12-43(13-15-45)36-69-62(81)56-35-50(79)39-77(56)65(84)61(66(2,3)4)72-58(80)21-29-86-31-30-85-28-8-6-7-22-74-24-26-75(27-25-74)49-18-19-57(68-37-49)71-54-34-48(38-73(5)63(54)82)51-10-9-11-55(52(51)40-78)76-23-20-46-32-47(44-16-17-44)33-53(67)59(46)64(76)83/h9-15,18-20,23,32-34,37-38,41,44,50,56,61,78-79H,6-8,16-17,21-22,24-31,35-36,39-40H2,1-5H3,(H,68,71)(H,69,81)(H,72,80)/t50-,56+,61-/m1/s1. The third-order valence-electron chi connectivity index (χ3n) is 16.7. The van der Waals surface area contributed by atoms with Crippen LogP contribution < -0.4 is 32.0 Å². The Bertz CT molecular complexity index is 3690. The van der Waals surface area contributed by atoms with Gasteiger partial charge in [0.2, 0.25) is 17.7 Å². The molecule has 0 bridgehead atoms. The first-order valence-electron chi connectivity index (χ1n) is 30.1. The SMILES string of the molecule is Cc1ncsc1-c1ccc(CNC(=O)[C@@H]2C[C@@H](O)CN2C(=O)[C@@H](NC(=O)CCOCCOCCCCCN2CCN(c3ccc(Nc4cc(-c5cccc(-n6ccc7cc(C8CC8)cc(F)c7c6=O)c5CO)cn(C)c4=O)nc3)CC2)C(C)(C)C)cc1. The summed E-state index contributed by atoms with van der Waals surface area (Å²) >= 11 is 1.57. The highest BCUT2D eigenvalue weighted by molar-refractivity contribution is 7.13. The summed E-state index contributed by atoms with van der Waals surface area (Å²) < 4.78 is 29.8. The van der Waals surface area contributed by atoms with E-state index in [0.717, 1.165) is 97.8 Å². The molecule has 19 nitrogen and oxygen atoms in total. The zero-order valence-corrected chi connectivity index (χ0v) is 51.0. The minimum atomic E-state index is -0.927. The second-order valence-electron chi connectivity index (χ2n) is 24.1. The number of nitrogens with one attached hydrogen (secondary N) is 3. The van der Waals surface area contributed by atoms with Gasteiger partial charge in [-0.05, 0) is 121 Å². The number of aliphatic hydroxyl groups is 2. The Balaban J connectivity index is 0.606. The van der Waals surface area contributed by atoms with E-state index in [2.05, 4.69) is 35.7 Å². The lowest BCUT2D eigenvalue weighted by atomic mass is 9.85. The van der Waals surface area contributed by atoms with E-state index in [9.17, 15) is 34.2 Å². The summed E-state index contributed by atoms with van der Waals surface area (Å²) in [5.41, 5.74) is 7.54. The molecule has 3 amide bonds. The smallest absolute Gasteiger partial charge is 0.274 e. The van der Waals surface area contributed by atoms with E-state index in [1.807, 2.05) is 87.9 Å². The fraction of sp³-hybridized carbons (Fsp3) is 0.439. The van der Waals surface area contributed by atoms with Crippen molar-refractivity contribution in [2.24, 2.45) is 12.5 Å². The van der Waals surface area contributed by atoms with Crippen molar-refractivity contribution >= 4 is 57.0 Å². The lowest BCUT2D eigenvalue weighted by Gasteiger charge is -2.36. The summed E-state index contributed by atoms with van der Waals surface area (Å²) in [4.78, 5) is 84.2. The van der Waals surface area contributed by atoms with E-state index in [1.165, 1.54) is 20.1 Å². The Morgan fingerprint density at radius 1 is 0.874 bits per heavy atom. The minimum Gasteiger partial charge on any atom is -0.392 e. The molecule has 0 radical (unpaired) electrons. The van der Waals surface area contributed by atoms with Crippen LogP contribution >= 0.6 is 11.3 Å². The van der Waals surface area contributed by atoms with Gasteiger partial charge in [0, 0.05) is 89.3 Å². The van der Waals surface area contributed by atoms with Gasteiger partial charge < -0.3 is 50.0 Å². The molecule has 2 aliphatic heterocycles. The highest BCUT2D eigenvalue weighted by atomic mass is 32.1. The molecule has 4 aromatic heterocycles. The number of pyridine rings is 3. The number of aryl methyl sites for hydroxylation is 2. The van der Waals surface area contributed by atoms with Crippen LogP contribution in [0, 0.1) is 18.2 Å². The maximum absolute atomic E-state index is 15.5. The predicted octanol–water partition coefficient (Wildman–Crippen LogP) is 7.96. The number of anilines is 3. The molecule has 87 heavy (non-hydrogen) atoms. The lowest BCUT2D eigenvalue weighted by molar-refractivity contribution is -0.144. The molecule has 21 heteroatoms. The van der Waals surface area contributed by atoms with Crippen molar-refractivity contribution < 1.29 is 38.5 Å². The average Bonchev–Trinajstić information content (AvgIpc) is 1.52. The molecule has 3 fully saturated rings. The number of halogens is 1. The number of thiazole rings is 1. The summed E-state index contributed by atoms with van der Waals surface area (Å²) in [6.45, 7) is 13.4. The zero-order valence-electron chi connectivity index (χ0n) is 50.2. The molecule has 3 aliphatic rings. The highest BCUT2D eigenvalue weighted by Crippen LogP contribution is 2.41. The van der Waals surface area contributed by atoms with Crippen LogP contribution in [0.3, 0.4) is 0 Å². The fourth-order valence-electron chi connectivity index (χ4n) is 11.6. The summed E-state index contributed by atoms with van der Waals surface area (Å²) in [6, 6.07) is 22.1. The minimum absolute atomic E-state index is 0.00195. The molecular formula is C66H79FN10O9S. The number of nitrogens with zero attached hydrogens (tertiary/aromatic N) is 7. The van der Waals surface area contributed by atoms with E-state index in [0.29, 0.717) is 59.3 Å². The first-order chi connectivity index (χ1) is 41.9. The number of aromatic nitrogens is 4. The number of carbonyl (C=O) groups excluding carboxylic acids is 3. The number of rotatable bonds is 25. The Kier molecular flexibility index (Phi) is 20.1. The van der Waals surface area contributed by atoms with Crippen molar-refractivity contribution in [3.05, 3.63) is 152 Å². The summed E-state index contributed by atoms with van der Waals surface area (Å²) in [7, 11) is 1.65. The van der Waals surface area contributed by atoms with E-state index in [1.54, 1.807) is 55.0 Å². The number of fused-ring (bicyclic) bond motifs is 1. The fourth-order valence-corrected chi connectivity index (χ4v) is 12.4. The lowest BCUT2D eigenvalue weighted by Crippen LogP contribution is -2.57. The van der Waals surface area contributed by atoms with Crippen LogP contribution in [-0.2, 0) is 44.1 Å². The third-order valence-corrected chi connectivity index (χ3v) is 17.6. The first kappa shape index (κ1) is 62.4. The van der Waals surface area contributed by atoms with Gasteiger partial charge >= 0.3 is 0 Å². The van der Waals surface area contributed by atoms with Gasteiger partial charge in [-0.2, -0.15) is 0 Å². The van der Waals surface area contributed by atoms with Crippen LogP contribution in [0.15, 0.2) is 113 Å². The summed E-state index contributed by atoms with van der Waals surface area (Å²) in [5, 5.41) is 30.9. The van der Waals surface area contributed by atoms with Crippen molar-refractivity contribution in [2.75, 3.05) is 75.9 Å². The van der Waals surface area contributed by atoms with Gasteiger partial charge in [-0.15, -0.1) is 11.3 Å². The van der Waals surface area contributed by atoms with E-state index in [-0.39, 0.29) is 61.0 Å². The largest absolute Gasteiger partial charge is 0.392 e. The molecule has 6 heterocycles. The van der Waals surface area contributed by atoms with Gasteiger partial charge in [0.05, 0.1) is 71.6 Å². The Morgan fingerprint density at radius 3 is 2.34 bits per heavy atom. The molecule has 460 valence electrons. The van der Waals surface area contributed by atoms with Crippen LogP contribution in [0.4, 0.5) is 21.6 Å². The monoisotopic (exact) mass is 1210 g/mol. The number of unbranched alkanes of at least 4 members (excludes halogenated alkanes) is 2. The molecular weight excluding hydrogens is 1130 g/mol. The van der Waals surface area contributed by atoms with Crippen LogP contribution in [0.5, 0.6) is 0 Å². The van der Waals surface area contributed by atoms with Gasteiger partial charge in [-0.1, -0.05) is 63.2 Å². The Hall–Kier alpha value is -7.66. The summed E-state index contributed by atoms with van der Waals surface area (Å²) in [6.07, 6.45) is 9.42. The number of β-amino-alcohol motifs (C(OH)–C–C–N with tert-alkyl or cyclic N) is 1. The molecule has 2 saturated heterocycles. The molecule has 3 aromatic carbocycles. The molecule has 1 saturated carbocycles. The normalized spacial score (nSPS) is 16.8. The van der Waals surface area contributed by atoms with Crippen LogP contribution in [-0.4, -0.2) is 141 Å². The maximum Gasteiger partial charge on any atom is 0.274 e. The van der Waals surface area contributed by atoms with Gasteiger partial charge in [-0.3, -0.25) is 33.4 Å². The van der Waals surface area contributed by atoms with E-state index in [4.69, 9.17) is 9.47 Å². The van der Waals surface area contributed by atoms with Crippen molar-refractivity contribution in [2.45, 2.75) is 110 Å². The number of likely N-dealkylation sites (tertiary alicyclic amines) is 1. The quantitative estimate of drug-likeness (QED) is 0.0343. The van der Waals surface area contributed by atoms with Gasteiger partial charge in [0.15, 0.2) is 0 Å². The number of piperazine rings is 1. The summed E-state index contributed by atoms with van der Waals surface area (Å²) in [5.74, 6) is -0.850. The Morgan fingerprint density at radius 2 is 1.64 bits per heavy atom. The molecule has 7 aromatic rings. The highest BCUT2D eigenvalue weighted by Gasteiger charge is 2.44. The number of carbonyl (C=O) groups is 3. The van der Waals surface area contributed by atoms with Crippen molar-refractivity contribution in [1.29, 1.82) is 0 Å². The van der Waals surface area contributed by atoms with Gasteiger partial charge in [0.1, 0.15) is 29.4 Å². The van der Waals surface area contributed by atoms with Crippen molar-refractivity contribution in [3.63, 3.8) is 0 Å². The van der Waals surface area contributed by atoms with E-state index >= 15 is 4.39 Å². The molecule has 0 unspecified atom stereocenters. The number of aliphatic hydroxyl groups excluding tert-OH is 2. The first-order valence-corrected chi connectivity index (χ1v) is 31.0. The van der Waals surface area contributed by atoms with Gasteiger partial charge in [-0.25, -0.2) is 14.4 Å². The molecule has 0 spiro atoms. The molecule has 5 N–H and O–H groups in total. The number of hydrogen-bond donors (Lipinski definition) is 5. The molecule has 3 atom stereocenters. The number of amides is 3. The molecule has 1 aliphatic carbocycles.